The molecular weight excluding hydrogens is 302 g/mol. The van der Waals surface area contributed by atoms with Crippen molar-refractivity contribution < 1.29 is 14.6 Å². The zero-order valence-electron chi connectivity index (χ0n) is 14.5. The highest BCUT2D eigenvalue weighted by atomic mass is 16.5. The van der Waals surface area contributed by atoms with Crippen molar-refractivity contribution in [1.82, 2.24) is 4.90 Å². The molecule has 0 amide bonds. The molecule has 0 aromatic heterocycles. The summed E-state index contributed by atoms with van der Waals surface area (Å²) in [6.45, 7) is 0.837. The topological polar surface area (TPSA) is 41.9 Å². The largest absolute Gasteiger partial charge is 0.497 e. The lowest BCUT2D eigenvalue weighted by Gasteiger charge is -2.17. The number of benzene rings is 2. The molecule has 0 spiro atoms. The Morgan fingerprint density at radius 3 is 2.62 bits per heavy atom. The molecule has 1 atom stereocenters. The van der Waals surface area contributed by atoms with Gasteiger partial charge < -0.3 is 19.5 Å². The van der Waals surface area contributed by atoms with Gasteiger partial charge in [0.05, 0.1) is 7.11 Å². The summed E-state index contributed by atoms with van der Waals surface area (Å²) in [6, 6.07) is 15.7. The fourth-order valence-corrected chi connectivity index (χ4v) is 2.34. The van der Waals surface area contributed by atoms with E-state index in [4.69, 9.17) is 9.47 Å². The minimum atomic E-state index is -0.518. The number of hydrogen-bond acceptors (Lipinski definition) is 4. The van der Waals surface area contributed by atoms with Crippen LogP contribution in [0.3, 0.4) is 0 Å². The van der Waals surface area contributed by atoms with Gasteiger partial charge in [0, 0.05) is 12.1 Å². The van der Waals surface area contributed by atoms with Gasteiger partial charge in [-0.1, -0.05) is 42.5 Å². The van der Waals surface area contributed by atoms with Crippen molar-refractivity contribution in [2.45, 2.75) is 6.10 Å². The SMILES string of the molecule is COc1cccc(/C=C/c2ccccc2OC[C@@H](O)CN(C)C)c1. The lowest BCUT2D eigenvalue weighted by atomic mass is 10.1. The molecular formula is C20H25NO3. The van der Waals surface area contributed by atoms with Crippen LogP contribution in [-0.2, 0) is 0 Å². The molecule has 4 heteroatoms. The first-order chi connectivity index (χ1) is 11.6. The van der Waals surface area contributed by atoms with E-state index in [9.17, 15) is 5.11 Å². The minimum absolute atomic E-state index is 0.266. The first-order valence-electron chi connectivity index (χ1n) is 7.95. The van der Waals surface area contributed by atoms with Crippen molar-refractivity contribution in [3.8, 4) is 11.5 Å². The Bertz CT molecular complexity index is 667. The number of para-hydroxylation sites is 1. The molecule has 0 unspecified atom stereocenters. The lowest BCUT2D eigenvalue weighted by molar-refractivity contribution is 0.0830. The van der Waals surface area contributed by atoms with E-state index in [1.54, 1.807) is 7.11 Å². The third kappa shape index (κ3) is 5.72. The summed E-state index contributed by atoms with van der Waals surface area (Å²) in [7, 11) is 5.51. The van der Waals surface area contributed by atoms with Crippen LogP contribution >= 0.6 is 0 Å². The first-order valence-corrected chi connectivity index (χ1v) is 7.95. The molecule has 0 aliphatic heterocycles. The molecule has 0 radical (unpaired) electrons. The van der Waals surface area contributed by atoms with Crippen molar-refractivity contribution in [3.05, 3.63) is 59.7 Å². The quantitative estimate of drug-likeness (QED) is 0.756. The first kappa shape index (κ1) is 18.0. The van der Waals surface area contributed by atoms with Gasteiger partial charge in [-0.25, -0.2) is 0 Å². The molecule has 0 heterocycles. The van der Waals surface area contributed by atoms with E-state index in [1.165, 1.54) is 0 Å². The maximum absolute atomic E-state index is 9.94. The second kappa shape index (κ2) is 9.11. The van der Waals surface area contributed by atoms with Gasteiger partial charge in [0.2, 0.25) is 0 Å². The molecule has 0 bridgehead atoms. The van der Waals surface area contributed by atoms with Crippen LogP contribution in [0.2, 0.25) is 0 Å². The number of hydrogen-bond donors (Lipinski definition) is 1. The Hall–Kier alpha value is -2.30. The molecule has 128 valence electrons. The maximum atomic E-state index is 9.94. The Morgan fingerprint density at radius 1 is 1.08 bits per heavy atom. The molecule has 2 aromatic rings. The van der Waals surface area contributed by atoms with Crippen molar-refractivity contribution in [1.29, 1.82) is 0 Å². The summed E-state index contributed by atoms with van der Waals surface area (Å²) < 4.78 is 11.0. The lowest BCUT2D eigenvalue weighted by Crippen LogP contribution is -2.30. The Labute approximate surface area is 143 Å². The summed E-state index contributed by atoms with van der Waals surface area (Å²) in [4.78, 5) is 1.93. The van der Waals surface area contributed by atoms with Crippen LogP contribution in [-0.4, -0.2) is 50.5 Å². The summed E-state index contributed by atoms with van der Waals surface area (Å²) in [6.07, 6.45) is 3.50. The second-order valence-electron chi connectivity index (χ2n) is 5.87. The highest BCUT2D eigenvalue weighted by Crippen LogP contribution is 2.22. The number of aliphatic hydroxyl groups is 1. The standard InChI is InChI=1S/C20H25NO3/c1-21(2)14-18(22)15-24-20-10-5-4-8-17(20)12-11-16-7-6-9-19(13-16)23-3/h4-13,18,22H,14-15H2,1-3H3/b12-11+/t18-/m0/s1. The second-order valence-corrected chi connectivity index (χ2v) is 5.87. The van der Waals surface area contributed by atoms with Gasteiger partial charge in [0.25, 0.3) is 0 Å². The van der Waals surface area contributed by atoms with Crippen LogP contribution in [0.5, 0.6) is 11.5 Å². The van der Waals surface area contributed by atoms with E-state index in [1.807, 2.05) is 79.7 Å². The fraction of sp³-hybridized carbons (Fsp3) is 0.300. The van der Waals surface area contributed by atoms with Crippen LogP contribution in [0.15, 0.2) is 48.5 Å². The fourth-order valence-electron chi connectivity index (χ4n) is 2.34. The number of ether oxygens (including phenoxy) is 2. The smallest absolute Gasteiger partial charge is 0.126 e. The molecule has 24 heavy (non-hydrogen) atoms. The molecule has 0 fully saturated rings. The maximum Gasteiger partial charge on any atom is 0.126 e. The van der Waals surface area contributed by atoms with Crippen LogP contribution in [0, 0.1) is 0 Å². The van der Waals surface area contributed by atoms with E-state index >= 15 is 0 Å². The summed E-state index contributed by atoms with van der Waals surface area (Å²) in [5.74, 6) is 1.59. The van der Waals surface area contributed by atoms with Crippen molar-refractivity contribution in [3.63, 3.8) is 0 Å². The van der Waals surface area contributed by atoms with E-state index < -0.39 is 6.10 Å². The number of aliphatic hydroxyl groups excluding tert-OH is 1. The molecule has 0 aliphatic carbocycles. The molecule has 0 saturated heterocycles. The van der Waals surface area contributed by atoms with Gasteiger partial charge in [0.15, 0.2) is 0 Å². The van der Waals surface area contributed by atoms with Gasteiger partial charge in [0.1, 0.15) is 24.2 Å². The summed E-state index contributed by atoms with van der Waals surface area (Å²) in [5.41, 5.74) is 2.02. The van der Waals surface area contributed by atoms with E-state index in [2.05, 4.69) is 0 Å². The number of methoxy groups -OCH3 is 1. The molecule has 4 nitrogen and oxygen atoms in total. The number of likely N-dealkylation sites (N-methyl/N-ethyl adjacent to an activating group) is 1. The molecule has 0 aliphatic rings. The molecule has 1 N–H and O–H groups in total. The summed E-state index contributed by atoms with van der Waals surface area (Å²) >= 11 is 0. The van der Waals surface area contributed by atoms with Gasteiger partial charge >= 0.3 is 0 Å². The zero-order valence-corrected chi connectivity index (χ0v) is 14.5. The normalized spacial score (nSPS) is 12.5. The zero-order chi connectivity index (χ0) is 17.4. The molecule has 0 saturated carbocycles. The van der Waals surface area contributed by atoms with E-state index in [0.717, 1.165) is 22.6 Å². The highest BCUT2D eigenvalue weighted by Gasteiger charge is 2.08. The van der Waals surface area contributed by atoms with Crippen LogP contribution < -0.4 is 9.47 Å². The molecule has 2 rings (SSSR count). The summed E-state index contributed by atoms with van der Waals surface area (Å²) in [5, 5.41) is 9.94. The van der Waals surface area contributed by atoms with E-state index in [-0.39, 0.29) is 6.61 Å². The Morgan fingerprint density at radius 2 is 1.88 bits per heavy atom. The van der Waals surface area contributed by atoms with Gasteiger partial charge in [-0.05, 0) is 37.9 Å². The molecule has 2 aromatic carbocycles. The highest BCUT2D eigenvalue weighted by molar-refractivity contribution is 5.72. The minimum Gasteiger partial charge on any atom is -0.497 e. The van der Waals surface area contributed by atoms with Gasteiger partial charge in [-0.2, -0.15) is 0 Å². The van der Waals surface area contributed by atoms with Crippen LogP contribution in [0.25, 0.3) is 12.2 Å². The average Bonchev–Trinajstić information content (AvgIpc) is 2.58. The predicted octanol–water partition coefficient (Wildman–Crippen LogP) is 3.17. The van der Waals surface area contributed by atoms with Gasteiger partial charge in [-0.3, -0.25) is 0 Å². The monoisotopic (exact) mass is 327 g/mol. The third-order valence-corrected chi connectivity index (χ3v) is 3.48. The Kier molecular flexibility index (Phi) is 6.85. The van der Waals surface area contributed by atoms with Crippen molar-refractivity contribution in [2.75, 3.05) is 34.4 Å². The third-order valence-electron chi connectivity index (χ3n) is 3.48. The predicted molar refractivity (Wildman–Crippen MR) is 98.4 cm³/mol. The average molecular weight is 327 g/mol. The number of nitrogens with zero attached hydrogens (tertiary/aromatic N) is 1. The van der Waals surface area contributed by atoms with E-state index in [0.29, 0.717) is 6.54 Å². The van der Waals surface area contributed by atoms with Crippen molar-refractivity contribution in [2.24, 2.45) is 0 Å². The van der Waals surface area contributed by atoms with Crippen LogP contribution in [0.1, 0.15) is 11.1 Å². The van der Waals surface area contributed by atoms with Crippen LogP contribution in [0.4, 0.5) is 0 Å². The van der Waals surface area contributed by atoms with Gasteiger partial charge in [-0.15, -0.1) is 0 Å². The van der Waals surface area contributed by atoms with Crippen molar-refractivity contribution >= 4 is 12.2 Å². The number of rotatable bonds is 8. The Balaban J connectivity index is 2.06.